The maximum Gasteiger partial charge on any atom is 0.300 e. The minimum Gasteiger partial charge on any atom is -0.369 e. The first-order valence-electron chi connectivity index (χ1n) is 11.5. The Bertz CT molecular complexity index is 1400. The first kappa shape index (κ1) is 22.4. The van der Waals surface area contributed by atoms with Crippen LogP contribution in [0, 0.1) is 12.3 Å². The molecule has 4 aromatic rings. The van der Waals surface area contributed by atoms with E-state index >= 15 is 0 Å². The summed E-state index contributed by atoms with van der Waals surface area (Å²) in [5.41, 5.74) is 5.47. The number of nitrogens with zero attached hydrogens (tertiary/aromatic N) is 4. The number of amides is 1. The molecule has 0 radical (unpaired) electrons. The van der Waals surface area contributed by atoms with Crippen molar-refractivity contribution in [2.75, 3.05) is 48.8 Å². The number of benzene rings is 3. The van der Waals surface area contributed by atoms with Gasteiger partial charge in [0, 0.05) is 60.4 Å². The highest BCUT2D eigenvalue weighted by Gasteiger charge is 2.14. The van der Waals surface area contributed by atoms with E-state index in [1.54, 1.807) is 6.07 Å². The number of aromatic nitrogens is 2. The number of anilines is 4. The average Bonchev–Trinajstić information content (AvgIpc) is 2.89. The molecule has 7 nitrogen and oxygen atoms in total. The van der Waals surface area contributed by atoms with Crippen molar-refractivity contribution in [2.24, 2.45) is 0 Å². The van der Waals surface area contributed by atoms with Crippen molar-refractivity contribution in [2.45, 2.75) is 0 Å². The summed E-state index contributed by atoms with van der Waals surface area (Å²) >= 11 is 0. The fourth-order valence-electron chi connectivity index (χ4n) is 4.23. The van der Waals surface area contributed by atoms with Crippen LogP contribution in [0.2, 0.25) is 0 Å². The molecule has 174 valence electrons. The summed E-state index contributed by atoms with van der Waals surface area (Å²) in [5.74, 6) is 2.12. The largest absolute Gasteiger partial charge is 0.369 e. The predicted molar refractivity (Wildman–Crippen MR) is 142 cm³/mol. The van der Waals surface area contributed by atoms with Crippen molar-refractivity contribution in [3.8, 4) is 23.5 Å². The molecule has 1 aliphatic heterocycles. The smallest absolute Gasteiger partial charge is 0.300 e. The quantitative estimate of drug-likeness (QED) is 0.429. The number of rotatable bonds is 5. The third-order valence-corrected chi connectivity index (χ3v) is 6.17. The van der Waals surface area contributed by atoms with Crippen LogP contribution in [-0.4, -0.2) is 54.0 Å². The van der Waals surface area contributed by atoms with Crippen molar-refractivity contribution in [1.29, 1.82) is 0 Å². The van der Waals surface area contributed by atoms with Gasteiger partial charge in [0.1, 0.15) is 0 Å². The molecule has 1 aromatic heterocycles. The third-order valence-electron chi connectivity index (χ3n) is 6.17. The maximum atomic E-state index is 11.6. The van der Waals surface area contributed by atoms with Crippen LogP contribution in [0.15, 0.2) is 72.9 Å². The number of fused-ring (bicyclic) bond motifs is 1. The van der Waals surface area contributed by atoms with Gasteiger partial charge in [-0.2, -0.15) is 0 Å². The summed E-state index contributed by atoms with van der Waals surface area (Å²) in [6, 6.07) is 21.9. The van der Waals surface area contributed by atoms with Gasteiger partial charge in [0.15, 0.2) is 0 Å². The van der Waals surface area contributed by atoms with Crippen LogP contribution in [-0.2, 0) is 4.79 Å². The minimum absolute atomic E-state index is 0.479. The molecule has 3 aromatic carbocycles. The monoisotopic (exact) mass is 462 g/mol. The molecule has 0 bridgehead atoms. The Balaban J connectivity index is 1.39. The van der Waals surface area contributed by atoms with Gasteiger partial charge in [-0.05, 0) is 54.9 Å². The summed E-state index contributed by atoms with van der Waals surface area (Å²) in [5, 5.41) is 6.95. The van der Waals surface area contributed by atoms with Crippen LogP contribution < -0.4 is 15.5 Å². The number of nitrogens with one attached hydrogen (secondary N) is 2. The molecule has 1 saturated heterocycles. The van der Waals surface area contributed by atoms with Crippen LogP contribution in [0.1, 0.15) is 0 Å². The van der Waals surface area contributed by atoms with Crippen molar-refractivity contribution in [1.82, 2.24) is 14.9 Å². The second-order valence-corrected chi connectivity index (χ2v) is 8.58. The van der Waals surface area contributed by atoms with E-state index in [1.807, 2.05) is 42.6 Å². The zero-order chi connectivity index (χ0) is 24.2. The van der Waals surface area contributed by atoms with Crippen molar-refractivity contribution in [3.63, 3.8) is 0 Å². The first-order chi connectivity index (χ1) is 17.1. The SMILES string of the molecule is C#CC(=O)Nc1cccc(-c2cccc3cnc(Nc4ccc(N5CCN(C)CC5)cc4)nc23)c1. The Hall–Kier alpha value is -4.41. The second-order valence-electron chi connectivity index (χ2n) is 8.58. The zero-order valence-corrected chi connectivity index (χ0v) is 19.5. The van der Waals surface area contributed by atoms with E-state index in [2.05, 4.69) is 62.7 Å². The lowest BCUT2D eigenvalue weighted by Crippen LogP contribution is -2.44. The Morgan fingerprint density at radius 2 is 1.74 bits per heavy atom. The van der Waals surface area contributed by atoms with Gasteiger partial charge in [0.05, 0.1) is 5.52 Å². The van der Waals surface area contributed by atoms with Crippen LogP contribution in [0.5, 0.6) is 0 Å². The lowest BCUT2D eigenvalue weighted by molar-refractivity contribution is -0.111. The Morgan fingerprint density at radius 3 is 2.51 bits per heavy atom. The van der Waals surface area contributed by atoms with E-state index in [0.717, 1.165) is 53.9 Å². The van der Waals surface area contributed by atoms with Gasteiger partial charge in [-0.15, -0.1) is 6.42 Å². The molecule has 5 rings (SSSR count). The van der Waals surface area contributed by atoms with Gasteiger partial charge < -0.3 is 20.4 Å². The molecule has 0 saturated carbocycles. The molecule has 0 unspecified atom stereocenters. The summed E-state index contributed by atoms with van der Waals surface area (Å²) in [6.45, 7) is 4.22. The van der Waals surface area contributed by atoms with Crippen molar-refractivity contribution in [3.05, 3.63) is 72.9 Å². The number of hydrogen-bond acceptors (Lipinski definition) is 6. The van der Waals surface area contributed by atoms with Gasteiger partial charge in [-0.1, -0.05) is 30.3 Å². The van der Waals surface area contributed by atoms with Crippen LogP contribution in [0.3, 0.4) is 0 Å². The zero-order valence-electron chi connectivity index (χ0n) is 19.5. The van der Waals surface area contributed by atoms with Gasteiger partial charge in [0.25, 0.3) is 5.91 Å². The summed E-state index contributed by atoms with van der Waals surface area (Å²) in [7, 11) is 2.16. The molecule has 35 heavy (non-hydrogen) atoms. The van der Waals surface area contributed by atoms with E-state index in [4.69, 9.17) is 11.4 Å². The molecule has 1 aliphatic rings. The van der Waals surface area contributed by atoms with E-state index in [0.29, 0.717) is 11.6 Å². The number of para-hydroxylation sites is 1. The van der Waals surface area contributed by atoms with Gasteiger partial charge in [0.2, 0.25) is 5.95 Å². The molecular formula is C28H26N6O. The Labute approximate surface area is 204 Å². The molecule has 2 N–H and O–H groups in total. The number of carbonyl (C=O) groups is 1. The predicted octanol–water partition coefficient (Wildman–Crippen LogP) is 4.36. The fraction of sp³-hybridized carbons (Fsp3) is 0.179. The minimum atomic E-state index is -0.479. The summed E-state index contributed by atoms with van der Waals surface area (Å²) < 4.78 is 0. The molecular weight excluding hydrogens is 436 g/mol. The molecule has 0 atom stereocenters. The number of terminal acetylenes is 1. The average molecular weight is 463 g/mol. The summed E-state index contributed by atoms with van der Waals surface area (Å²) in [4.78, 5) is 25.7. The maximum absolute atomic E-state index is 11.6. The number of likely N-dealkylation sites (N-methyl/N-ethyl adjacent to an activating group) is 1. The van der Waals surface area contributed by atoms with Crippen LogP contribution >= 0.6 is 0 Å². The first-order valence-corrected chi connectivity index (χ1v) is 11.5. The van der Waals surface area contributed by atoms with Crippen LogP contribution in [0.4, 0.5) is 23.0 Å². The highest BCUT2D eigenvalue weighted by molar-refractivity contribution is 6.04. The Morgan fingerprint density at radius 1 is 0.971 bits per heavy atom. The standard InChI is InChI=1S/C28H26N6O/c1-3-26(35)30-23-8-4-6-20(18-23)25-9-5-7-21-19-29-28(32-27(21)25)31-22-10-12-24(13-11-22)34-16-14-33(2)15-17-34/h1,4-13,18-19H,14-17H2,2H3,(H,30,35)(H,29,31,32). The molecule has 7 heteroatoms. The summed E-state index contributed by atoms with van der Waals surface area (Å²) in [6.07, 6.45) is 7.00. The fourth-order valence-corrected chi connectivity index (χ4v) is 4.23. The third kappa shape index (κ3) is 5.08. The van der Waals surface area contributed by atoms with Gasteiger partial charge in [-0.25, -0.2) is 9.97 Å². The molecule has 2 heterocycles. The topological polar surface area (TPSA) is 73.4 Å². The lowest BCUT2D eigenvalue weighted by Gasteiger charge is -2.34. The van der Waals surface area contributed by atoms with Crippen molar-refractivity contribution < 1.29 is 4.79 Å². The van der Waals surface area contributed by atoms with E-state index in [1.165, 1.54) is 5.69 Å². The second kappa shape index (κ2) is 9.84. The van der Waals surface area contributed by atoms with E-state index in [-0.39, 0.29) is 0 Å². The molecule has 0 aliphatic carbocycles. The van der Waals surface area contributed by atoms with Gasteiger partial charge >= 0.3 is 0 Å². The van der Waals surface area contributed by atoms with Crippen LogP contribution in [0.25, 0.3) is 22.0 Å². The van der Waals surface area contributed by atoms with E-state index in [9.17, 15) is 4.79 Å². The molecule has 0 spiro atoms. The van der Waals surface area contributed by atoms with E-state index < -0.39 is 5.91 Å². The highest BCUT2D eigenvalue weighted by atomic mass is 16.1. The highest BCUT2D eigenvalue weighted by Crippen LogP contribution is 2.30. The molecule has 1 fully saturated rings. The normalized spacial score (nSPS) is 13.9. The number of hydrogen-bond donors (Lipinski definition) is 2. The lowest BCUT2D eigenvalue weighted by atomic mass is 10.0. The van der Waals surface area contributed by atoms with Crippen molar-refractivity contribution >= 4 is 39.8 Å². The number of piperazine rings is 1. The van der Waals surface area contributed by atoms with Gasteiger partial charge in [-0.3, -0.25) is 4.79 Å². The molecule has 1 amide bonds. The number of carbonyl (C=O) groups excluding carboxylic acids is 1. The Kier molecular flexibility index (Phi) is 6.29.